The lowest BCUT2D eigenvalue weighted by Crippen LogP contribution is -2.02. The Morgan fingerprint density at radius 1 is 1.10 bits per heavy atom. The van der Waals surface area contributed by atoms with Gasteiger partial charge in [0.05, 0.1) is 6.33 Å². The van der Waals surface area contributed by atoms with Crippen LogP contribution in [0.15, 0.2) is 36.7 Å². The Balaban J connectivity index is 1.71. The topological polar surface area (TPSA) is 66.5 Å². The summed E-state index contributed by atoms with van der Waals surface area (Å²) in [6.07, 6.45) is 4.57. The van der Waals surface area contributed by atoms with Crippen molar-refractivity contribution in [2.45, 2.75) is 19.3 Å². The molecule has 0 aliphatic rings. The van der Waals surface area contributed by atoms with Crippen molar-refractivity contribution in [2.24, 2.45) is 0 Å². The van der Waals surface area contributed by atoms with Crippen LogP contribution in [0.5, 0.6) is 0 Å². The lowest BCUT2D eigenvalue weighted by molar-refractivity contribution is 0.776. The maximum atomic E-state index is 4.53. The van der Waals surface area contributed by atoms with E-state index in [-0.39, 0.29) is 0 Å². The van der Waals surface area contributed by atoms with E-state index in [0.29, 0.717) is 0 Å². The summed E-state index contributed by atoms with van der Waals surface area (Å²) >= 11 is 0. The van der Waals surface area contributed by atoms with E-state index < -0.39 is 0 Å². The minimum atomic E-state index is 0.721. The monoisotopic (exact) mass is 267 g/mol. The number of nitrogens with one attached hydrogen (secondary N) is 2. The summed E-state index contributed by atoms with van der Waals surface area (Å²) in [5.74, 6) is 1.65. The fraction of sp³-hybridized carbons (Fsp3) is 0.267. The number of aromatic amines is 1. The summed E-state index contributed by atoms with van der Waals surface area (Å²) in [7, 11) is 1.86. The van der Waals surface area contributed by atoms with Gasteiger partial charge in [-0.05, 0) is 18.4 Å². The highest BCUT2D eigenvalue weighted by atomic mass is 15.1. The molecular formula is C15H17N5. The Labute approximate surface area is 117 Å². The Hall–Kier alpha value is -2.43. The Morgan fingerprint density at radius 2 is 1.95 bits per heavy atom. The summed E-state index contributed by atoms with van der Waals surface area (Å²) in [5, 5.41) is 3.08. The molecule has 0 aliphatic carbocycles. The number of fused-ring (bicyclic) bond motifs is 1. The van der Waals surface area contributed by atoms with Gasteiger partial charge in [-0.1, -0.05) is 30.3 Å². The molecule has 102 valence electrons. The lowest BCUT2D eigenvalue weighted by Gasteiger charge is -2.05. The molecule has 0 aliphatic heterocycles. The first kappa shape index (κ1) is 12.6. The van der Waals surface area contributed by atoms with Gasteiger partial charge < -0.3 is 10.3 Å². The normalized spacial score (nSPS) is 10.8. The van der Waals surface area contributed by atoms with Crippen molar-refractivity contribution in [3.63, 3.8) is 0 Å². The van der Waals surface area contributed by atoms with Crippen LogP contribution >= 0.6 is 0 Å². The number of hydrogen-bond acceptors (Lipinski definition) is 4. The minimum absolute atomic E-state index is 0.721. The minimum Gasteiger partial charge on any atom is -0.371 e. The largest absolute Gasteiger partial charge is 0.371 e. The van der Waals surface area contributed by atoms with Crippen LogP contribution in [0.1, 0.15) is 17.8 Å². The summed E-state index contributed by atoms with van der Waals surface area (Å²) in [6, 6.07) is 10.5. The van der Waals surface area contributed by atoms with Crippen LogP contribution < -0.4 is 5.32 Å². The van der Waals surface area contributed by atoms with Crippen molar-refractivity contribution in [2.75, 3.05) is 12.4 Å². The molecule has 0 amide bonds. The lowest BCUT2D eigenvalue weighted by atomic mass is 10.1. The number of hydrogen-bond donors (Lipinski definition) is 2. The van der Waals surface area contributed by atoms with Gasteiger partial charge in [-0.15, -0.1) is 0 Å². The Bertz CT molecular complexity index is 690. The first-order valence-corrected chi connectivity index (χ1v) is 6.78. The average Bonchev–Trinajstić information content (AvgIpc) is 2.96. The van der Waals surface area contributed by atoms with E-state index in [1.807, 2.05) is 13.1 Å². The van der Waals surface area contributed by atoms with E-state index in [0.717, 1.165) is 42.1 Å². The molecule has 20 heavy (non-hydrogen) atoms. The smallest absolute Gasteiger partial charge is 0.183 e. The van der Waals surface area contributed by atoms with Gasteiger partial charge >= 0.3 is 0 Å². The molecule has 0 bridgehead atoms. The number of aromatic nitrogens is 4. The number of anilines is 1. The molecule has 3 rings (SSSR count). The van der Waals surface area contributed by atoms with Gasteiger partial charge in [-0.25, -0.2) is 15.0 Å². The molecule has 0 saturated heterocycles. The first-order chi connectivity index (χ1) is 9.86. The molecule has 0 radical (unpaired) electrons. The number of aryl methyl sites for hydroxylation is 2. The van der Waals surface area contributed by atoms with Crippen molar-refractivity contribution in [3.8, 4) is 0 Å². The third kappa shape index (κ3) is 2.61. The van der Waals surface area contributed by atoms with Gasteiger partial charge in [0, 0.05) is 13.5 Å². The van der Waals surface area contributed by atoms with E-state index >= 15 is 0 Å². The van der Waals surface area contributed by atoms with Gasteiger partial charge in [-0.3, -0.25) is 0 Å². The fourth-order valence-electron chi connectivity index (χ4n) is 2.27. The number of rotatable bonds is 5. The van der Waals surface area contributed by atoms with Crippen LogP contribution in [-0.4, -0.2) is 27.0 Å². The second kappa shape index (κ2) is 5.69. The van der Waals surface area contributed by atoms with E-state index in [1.165, 1.54) is 5.56 Å². The van der Waals surface area contributed by atoms with Crippen LogP contribution in [0.4, 0.5) is 5.82 Å². The van der Waals surface area contributed by atoms with Crippen LogP contribution in [0.2, 0.25) is 0 Å². The number of benzene rings is 1. The summed E-state index contributed by atoms with van der Waals surface area (Å²) < 4.78 is 0. The molecule has 0 spiro atoms. The standard InChI is InChI=1S/C15H17N5/c1-16-14-13-15(18-10-17-13)20-12(19-14)9-5-8-11-6-3-2-4-7-11/h2-4,6-7,10H,5,8-9H2,1H3,(H2,16,17,18,19,20). The van der Waals surface area contributed by atoms with Gasteiger partial charge in [-0.2, -0.15) is 0 Å². The van der Waals surface area contributed by atoms with Crippen LogP contribution in [0.3, 0.4) is 0 Å². The number of H-pyrrole nitrogens is 1. The SMILES string of the molecule is CNc1nc(CCCc2ccccc2)nc2nc[nH]c12. The first-order valence-electron chi connectivity index (χ1n) is 6.78. The van der Waals surface area contributed by atoms with Gasteiger partial charge in [0.15, 0.2) is 11.5 Å². The number of imidazole rings is 1. The second-order valence-corrected chi connectivity index (χ2v) is 4.68. The summed E-state index contributed by atoms with van der Waals surface area (Å²) in [6.45, 7) is 0. The third-order valence-corrected chi connectivity index (χ3v) is 3.28. The molecule has 3 aromatic rings. The maximum absolute atomic E-state index is 4.53. The van der Waals surface area contributed by atoms with E-state index in [2.05, 4.69) is 49.5 Å². The van der Waals surface area contributed by atoms with Crippen molar-refractivity contribution >= 4 is 17.0 Å². The highest BCUT2D eigenvalue weighted by Gasteiger charge is 2.08. The molecule has 5 heteroatoms. The van der Waals surface area contributed by atoms with E-state index in [4.69, 9.17) is 0 Å². The highest BCUT2D eigenvalue weighted by Crippen LogP contribution is 2.16. The quantitative estimate of drug-likeness (QED) is 0.745. The zero-order valence-corrected chi connectivity index (χ0v) is 11.4. The second-order valence-electron chi connectivity index (χ2n) is 4.68. The van der Waals surface area contributed by atoms with Crippen LogP contribution in [-0.2, 0) is 12.8 Å². The molecular weight excluding hydrogens is 250 g/mol. The Morgan fingerprint density at radius 3 is 2.75 bits per heavy atom. The molecule has 0 atom stereocenters. The van der Waals surface area contributed by atoms with E-state index in [1.54, 1.807) is 6.33 Å². The van der Waals surface area contributed by atoms with Gasteiger partial charge in [0.2, 0.25) is 0 Å². The van der Waals surface area contributed by atoms with Gasteiger partial charge in [0.25, 0.3) is 0 Å². The molecule has 0 unspecified atom stereocenters. The molecule has 1 aromatic carbocycles. The van der Waals surface area contributed by atoms with Crippen LogP contribution in [0, 0.1) is 0 Å². The molecule has 2 heterocycles. The Kier molecular flexibility index (Phi) is 3.58. The highest BCUT2D eigenvalue weighted by molar-refractivity contribution is 5.82. The third-order valence-electron chi connectivity index (χ3n) is 3.28. The zero-order chi connectivity index (χ0) is 13.8. The van der Waals surface area contributed by atoms with Crippen molar-refractivity contribution < 1.29 is 0 Å². The average molecular weight is 267 g/mol. The fourth-order valence-corrected chi connectivity index (χ4v) is 2.27. The van der Waals surface area contributed by atoms with Crippen molar-refractivity contribution in [1.29, 1.82) is 0 Å². The zero-order valence-electron chi connectivity index (χ0n) is 11.4. The van der Waals surface area contributed by atoms with Crippen LogP contribution in [0.25, 0.3) is 11.2 Å². The van der Waals surface area contributed by atoms with Gasteiger partial charge in [0.1, 0.15) is 11.3 Å². The summed E-state index contributed by atoms with van der Waals surface area (Å²) in [4.78, 5) is 16.3. The molecule has 2 aromatic heterocycles. The predicted octanol–water partition coefficient (Wildman–Crippen LogP) is 2.57. The predicted molar refractivity (Wildman–Crippen MR) is 79.7 cm³/mol. The number of nitrogens with zero attached hydrogens (tertiary/aromatic N) is 3. The van der Waals surface area contributed by atoms with Crippen molar-refractivity contribution in [3.05, 3.63) is 48.0 Å². The molecule has 0 fully saturated rings. The summed E-state index contributed by atoms with van der Waals surface area (Å²) in [5.41, 5.74) is 2.93. The molecule has 0 saturated carbocycles. The van der Waals surface area contributed by atoms with E-state index in [9.17, 15) is 0 Å². The molecule has 2 N–H and O–H groups in total. The maximum Gasteiger partial charge on any atom is 0.183 e. The molecule has 5 nitrogen and oxygen atoms in total. The van der Waals surface area contributed by atoms with Crippen molar-refractivity contribution in [1.82, 2.24) is 19.9 Å².